The Morgan fingerprint density at radius 2 is 2.67 bits per heavy atom. The van der Waals surface area contributed by atoms with Crippen molar-refractivity contribution in [2.24, 2.45) is 0 Å². The van der Waals surface area contributed by atoms with Gasteiger partial charge in [0, 0.05) is 12.1 Å². The molecule has 2 unspecified atom stereocenters. The highest BCUT2D eigenvalue weighted by molar-refractivity contribution is 8.00. The summed E-state index contributed by atoms with van der Waals surface area (Å²) in [5.41, 5.74) is 0.942. The van der Waals surface area contributed by atoms with Gasteiger partial charge in [-0.25, -0.2) is 4.79 Å². The summed E-state index contributed by atoms with van der Waals surface area (Å²) in [6.45, 7) is 0. The number of aliphatic carboxylic acids is 1. The number of carbonyl (C=O) groups is 1. The second kappa shape index (κ2) is 2.99. The first-order valence-electron chi connectivity index (χ1n) is 3.71. The van der Waals surface area contributed by atoms with Crippen molar-refractivity contribution in [3.8, 4) is 0 Å². The third-order valence-electron chi connectivity index (χ3n) is 1.88. The van der Waals surface area contributed by atoms with E-state index < -0.39 is 12.1 Å². The average Bonchev–Trinajstić information content (AvgIpc) is 2.49. The van der Waals surface area contributed by atoms with Crippen molar-refractivity contribution in [1.82, 2.24) is 5.32 Å². The Balaban J connectivity index is 2.08. The fourth-order valence-electron chi connectivity index (χ4n) is 1.25. The van der Waals surface area contributed by atoms with Gasteiger partial charge in [-0.15, -0.1) is 11.8 Å². The predicted molar refractivity (Wildman–Crippen MR) is 44.6 cm³/mol. The number of carboxylic acid groups (broad SMARTS) is 1. The third-order valence-corrected chi connectivity index (χ3v) is 2.86. The molecule has 12 heavy (non-hydrogen) atoms. The highest BCUT2D eigenvalue weighted by Gasteiger charge is 2.32. The van der Waals surface area contributed by atoms with Gasteiger partial charge in [0.25, 0.3) is 0 Å². The van der Waals surface area contributed by atoms with Crippen LogP contribution in [0.1, 0.15) is 6.42 Å². The molecular formula is C7H9NO3S. The minimum absolute atomic E-state index is 0.0835. The van der Waals surface area contributed by atoms with E-state index in [2.05, 4.69) is 5.32 Å². The topological polar surface area (TPSA) is 58.6 Å². The number of nitrogens with one attached hydrogen (secondary N) is 1. The Labute approximate surface area is 74.0 Å². The summed E-state index contributed by atoms with van der Waals surface area (Å²) in [7, 11) is 0. The highest BCUT2D eigenvalue weighted by atomic mass is 32.2. The van der Waals surface area contributed by atoms with Crippen molar-refractivity contribution >= 4 is 17.7 Å². The Morgan fingerprint density at radius 3 is 3.42 bits per heavy atom. The van der Waals surface area contributed by atoms with E-state index in [4.69, 9.17) is 9.84 Å². The molecule has 2 rings (SSSR count). The van der Waals surface area contributed by atoms with E-state index in [1.807, 2.05) is 6.08 Å². The summed E-state index contributed by atoms with van der Waals surface area (Å²) in [5, 5.41) is 11.8. The first-order chi connectivity index (χ1) is 5.77. The van der Waals surface area contributed by atoms with Crippen molar-refractivity contribution in [3.63, 3.8) is 0 Å². The molecule has 0 aromatic rings. The average molecular weight is 187 g/mol. The molecule has 1 fully saturated rings. The van der Waals surface area contributed by atoms with Crippen LogP contribution in [0.25, 0.3) is 0 Å². The molecule has 2 heterocycles. The molecule has 5 heteroatoms. The lowest BCUT2D eigenvalue weighted by atomic mass is 10.2. The van der Waals surface area contributed by atoms with Crippen LogP contribution in [0.15, 0.2) is 11.8 Å². The lowest BCUT2D eigenvalue weighted by molar-refractivity contribution is -0.151. The van der Waals surface area contributed by atoms with Crippen LogP contribution >= 0.6 is 11.8 Å². The Kier molecular flexibility index (Phi) is 1.98. The first kappa shape index (κ1) is 7.94. The van der Waals surface area contributed by atoms with Crippen LogP contribution < -0.4 is 5.32 Å². The number of rotatable bonds is 1. The van der Waals surface area contributed by atoms with Gasteiger partial charge in [-0.2, -0.15) is 0 Å². The summed E-state index contributed by atoms with van der Waals surface area (Å²) in [6, 6.07) is 0. The SMILES string of the molecule is O=C(O)C1CC=C2NCSC2O1. The van der Waals surface area contributed by atoms with Gasteiger partial charge in [0.15, 0.2) is 6.10 Å². The maximum atomic E-state index is 10.6. The number of hydrogen-bond acceptors (Lipinski definition) is 4. The van der Waals surface area contributed by atoms with E-state index in [0.29, 0.717) is 6.42 Å². The molecule has 0 spiro atoms. The predicted octanol–water partition coefficient (Wildman–Crippen LogP) is 0.364. The Bertz CT molecular complexity index is 241. The maximum Gasteiger partial charge on any atom is 0.333 e. The van der Waals surface area contributed by atoms with Crippen LogP contribution in [0.5, 0.6) is 0 Å². The molecule has 2 aliphatic heterocycles. The minimum Gasteiger partial charge on any atom is -0.479 e. The summed E-state index contributed by atoms with van der Waals surface area (Å²) in [6.07, 6.45) is 1.72. The number of thioether (sulfide) groups is 1. The number of ether oxygens (including phenoxy) is 1. The summed E-state index contributed by atoms with van der Waals surface area (Å²) in [5.74, 6) is -0.0687. The quantitative estimate of drug-likeness (QED) is 0.621. The second-order valence-corrected chi connectivity index (χ2v) is 3.73. The molecule has 0 aromatic heterocycles. The highest BCUT2D eigenvalue weighted by Crippen LogP contribution is 2.30. The molecular weight excluding hydrogens is 178 g/mol. The molecule has 4 nitrogen and oxygen atoms in total. The summed E-state index contributed by atoms with van der Waals surface area (Å²) >= 11 is 1.58. The normalized spacial score (nSPS) is 33.5. The van der Waals surface area contributed by atoms with Crippen molar-refractivity contribution in [1.29, 1.82) is 0 Å². The van der Waals surface area contributed by atoms with Gasteiger partial charge in [0.05, 0.1) is 5.88 Å². The Hall–Kier alpha value is -0.680. The summed E-state index contributed by atoms with van der Waals surface area (Å²) in [4.78, 5) is 10.6. The molecule has 0 aromatic carbocycles. The molecule has 66 valence electrons. The molecule has 0 aliphatic carbocycles. The van der Waals surface area contributed by atoms with Gasteiger partial charge in [-0.3, -0.25) is 0 Å². The molecule has 2 N–H and O–H groups in total. The fraction of sp³-hybridized carbons (Fsp3) is 0.571. The smallest absolute Gasteiger partial charge is 0.333 e. The number of fused-ring (bicyclic) bond motifs is 1. The van der Waals surface area contributed by atoms with Gasteiger partial charge >= 0.3 is 5.97 Å². The monoisotopic (exact) mass is 187 g/mol. The molecule has 2 aliphatic rings. The zero-order valence-electron chi connectivity index (χ0n) is 6.32. The van der Waals surface area contributed by atoms with E-state index in [1.54, 1.807) is 11.8 Å². The number of hydrogen-bond donors (Lipinski definition) is 2. The van der Waals surface area contributed by atoms with Crippen LogP contribution in [0.3, 0.4) is 0 Å². The van der Waals surface area contributed by atoms with Gasteiger partial charge in [0.1, 0.15) is 5.44 Å². The van der Waals surface area contributed by atoms with E-state index in [-0.39, 0.29) is 5.44 Å². The molecule has 0 radical (unpaired) electrons. The fourth-order valence-corrected chi connectivity index (χ4v) is 2.23. The lowest BCUT2D eigenvalue weighted by Gasteiger charge is -2.22. The van der Waals surface area contributed by atoms with Crippen LogP contribution in [0.2, 0.25) is 0 Å². The molecule has 0 saturated carbocycles. The van der Waals surface area contributed by atoms with Gasteiger partial charge < -0.3 is 15.2 Å². The molecule has 1 saturated heterocycles. The lowest BCUT2D eigenvalue weighted by Crippen LogP contribution is -2.32. The van der Waals surface area contributed by atoms with E-state index in [1.165, 1.54) is 0 Å². The summed E-state index contributed by atoms with van der Waals surface area (Å²) < 4.78 is 5.30. The first-order valence-corrected chi connectivity index (χ1v) is 4.76. The minimum atomic E-state index is -0.877. The van der Waals surface area contributed by atoms with E-state index >= 15 is 0 Å². The van der Waals surface area contributed by atoms with Crippen molar-refractivity contribution < 1.29 is 14.6 Å². The van der Waals surface area contributed by atoms with Crippen molar-refractivity contribution in [2.45, 2.75) is 18.0 Å². The van der Waals surface area contributed by atoms with E-state index in [0.717, 1.165) is 11.6 Å². The van der Waals surface area contributed by atoms with Gasteiger partial charge in [0.2, 0.25) is 0 Å². The second-order valence-electron chi connectivity index (χ2n) is 2.68. The van der Waals surface area contributed by atoms with Gasteiger partial charge in [-0.05, 0) is 0 Å². The maximum absolute atomic E-state index is 10.6. The number of carboxylic acids is 1. The molecule has 0 amide bonds. The van der Waals surface area contributed by atoms with Crippen molar-refractivity contribution in [2.75, 3.05) is 5.88 Å². The standard InChI is InChI=1S/C7H9NO3S/c9-6(10)5-2-1-4-7(11-5)12-3-8-4/h1,5,7-8H,2-3H2,(H,9,10). The molecule has 2 atom stereocenters. The van der Waals surface area contributed by atoms with Crippen LogP contribution in [-0.2, 0) is 9.53 Å². The van der Waals surface area contributed by atoms with Crippen LogP contribution in [0.4, 0.5) is 0 Å². The zero-order chi connectivity index (χ0) is 8.55. The van der Waals surface area contributed by atoms with Crippen molar-refractivity contribution in [3.05, 3.63) is 11.8 Å². The zero-order valence-corrected chi connectivity index (χ0v) is 7.13. The van der Waals surface area contributed by atoms with Gasteiger partial charge in [-0.1, -0.05) is 6.08 Å². The largest absolute Gasteiger partial charge is 0.479 e. The van der Waals surface area contributed by atoms with Crippen LogP contribution in [-0.4, -0.2) is 28.5 Å². The third kappa shape index (κ3) is 1.30. The van der Waals surface area contributed by atoms with Crippen LogP contribution in [0, 0.1) is 0 Å². The Morgan fingerprint density at radius 1 is 1.83 bits per heavy atom. The molecule has 0 bridgehead atoms. The van der Waals surface area contributed by atoms with E-state index in [9.17, 15) is 4.79 Å².